The van der Waals surface area contributed by atoms with Crippen LogP contribution in [0.3, 0.4) is 0 Å². The molecule has 36 heavy (non-hydrogen) atoms. The maximum Gasteiger partial charge on any atom is 0.490 e. The Morgan fingerprint density at radius 3 is 2.58 bits per heavy atom. The number of ether oxygens (including phenoxy) is 2. The first-order valence-corrected chi connectivity index (χ1v) is 12.8. The van der Waals surface area contributed by atoms with E-state index in [0.717, 1.165) is 19.4 Å². The molecule has 0 spiro atoms. The molecule has 2 aromatic rings. The molecule has 2 aliphatic rings. The molecule has 0 bridgehead atoms. The number of likely N-dealkylation sites (tertiary alicyclic amines) is 1. The molecule has 4 rings (SSSR count). The van der Waals surface area contributed by atoms with Crippen LogP contribution in [-0.4, -0.2) is 101 Å². The Balaban J connectivity index is 1.64. The second kappa shape index (κ2) is 10.6. The summed E-state index contributed by atoms with van der Waals surface area (Å²) in [6, 6.07) is 3.66. The molecule has 2 fully saturated rings. The fourth-order valence-electron chi connectivity index (χ4n) is 4.73. The Kier molecular flexibility index (Phi) is 7.85. The van der Waals surface area contributed by atoms with Crippen molar-refractivity contribution in [1.29, 1.82) is 0 Å². The average Bonchev–Trinajstić information content (AvgIpc) is 3.20. The van der Waals surface area contributed by atoms with Crippen molar-refractivity contribution in [2.75, 3.05) is 44.7 Å². The highest BCUT2D eigenvalue weighted by atomic mass is 35.5. The number of carbonyl (C=O) groups excluding carboxylic acids is 1. The van der Waals surface area contributed by atoms with Crippen molar-refractivity contribution in [3.8, 4) is 6.01 Å². The third kappa shape index (κ3) is 5.96. The summed E-state index contributed by atoms with van der Waals surface area (Å²) in [6.45, 7) is 10.5. The van der Waals surface area contributed by atoms with E-state index in [1.54, 1.807) is 17.0 Å². The van der Waals surface area contributed by atoms with Crippen molar-refractivity contribution >= 4 is 47.0 Å². The third-order valence-electron chi connectivity index (χ3n) is 6.68. The molecule has 0 aliphatic carbocycles. The minimum atomic E-state index is -1.73. The molecule has 0 unspecified atom stereocenters. The van der Waals surface area contributed by atoms with Gasteiger partial charge in [0.05, 0.1) is 5.52 Å². The largest absolute Gasteiger partial charge is 0.490 e. The van der Waals surface area contributed by atoms with Gasteiger partial charge in [0.1, 0.15) is 18.0 Å². The van der Waals surface area contributed by atoms with Gasteiger partial charge in [-0.15, -0.1) is 0 Å². The summed E-state index contributed by atoms with van der Waals surface area (Å²) in [4.78, 5) is 28.0. The zero-order valence-electron chi connectivity index (χ0n) is 21.6. The fraction of sp³-hybridized carbons (Fsp3) is 0.625. The van der Waals surface area contributed by atoms with E-state index in [4.69, 9.17) is 26.1 Å². The minimum absolute atomic E-state index is 0.0694. The van der Waals surface area contributed by atoms with Gasteiger partial charge in [0, 0.05) is 47.6 Å². The summed E-state index contributed by atoms with van der Waals surface area (Å²) >= 11 is 6.37. The lowest BCUT2D eigenvalue weighted by molar-refractivity contribution is 0.0218. The van der Waals surface area contributed by atoms with Crippen LogP contribution >= 0.6 is 11.6 Å². The van der Waals surface area contributed by atoms with Crippen LogP contribution in [0.15, 0.2) is 12.1 Å². The number of amides is 1. The predicted octanol–water partition coefficient (Wildman–Crippen LogP) is 1.88. The fourth-order valence-corrected chi connectivity index (χ4v) is 5.00. The van der Waals surface area contributed by atoms with Gasteiger partial charge in [0.2, 0.25) is 0 Å². The second-order valence-corrected chi connectivity index (χ2v) is 11.1. The first-order chi connectivity index (χ1) is 16.9. The van der Waals surface area contributed by atoms with Gasteiger partial charge in [-0.05, 0) is 66.3 Å². The van der Waals surface area contributed by atoms with Gasteiger partial charge in [-0.25, -0.2) is 4.79 Å². The number of hydrogen-bond acceptors (Lipinski definition) is 9. The van der Waals surface area contributed by atoms with E-state index in [9.17, 15) is 14.8 Å². The van der Waals surface area contributed by atoms with Crippen molar-refractivity contribution in [2.24, 2.45) is 0 Å². The van der Waals surface area contributed by atoms with Gasteiger partial charge < -0.3 is 34.2 Å². The number of benzene rings is 1. The van der Waals surface area contributed by atoms with Crippen LogP contribution in [0.2, 0.25) is 5.02 Å². The number of hydrogen-bond donors (Lipinski definition) is 2. The topological polar surface area (TPSA) is 111 Å². The Morgan fingerprint density at radius 2 is 1.97 bits per heavy atom. The molecular formula is C24H35BClN5O5. The summed E-state index contributed by atoms with van der Waals surface area (Å²) in [5, 5.41) is 20.4. The van der Waals surface area contributed by atoms with Crippen molar-refractivity contribution in [3.63, 3.8) is 0 Å². The number of carbonyl (C=O) groups is 1. The first kappa shape index (κ1) is 26.7. The lowest BCUT2D eigenvalue weighted by Crippen LogP contribution is -2.55. The van der Waals surface area contributed by atoms with Crippen LogP contribution in [-0.2, 0) is 4.74 Å². The van der Waals surface area contributed by atoms with E-state index in [0.29, 0.717) is 49.0 Å². The maximum absolute atomic E-state index is 12.6. The molecule has 1 amide bonds. The zero-order chi connectivity index (χ0) is 26.2. The smallest absolute Gasteiger partial charge is 0.462 e. The molecule has 3 heterocycles. The Bertz CT molecular complexity index is 1110. The molecule has 0 radical (unpaired) electrons. The molecule has 2 aliphatic heterocycles. The SMILES string of the molecule is C[C@H]1CN(C(=O)OC(C)(C)C)CCN1c1nc(OC[C@@H]2CCCN2C)nc2cc(B(O)O)c(Cl)cc12. The Labute approximate surface area is 217 Å². The molecule has 2 saturated heterocycles. The quantitative estimate of drug-likeness (QED) is 0.572. The van der Waals surface area contributed by atoms with E-state index in [1.165, 1.54) is 0 Å². The molecule has 10 nitrogen and oxygen atoms in total. The summed E-state index contributed by atoms with van der Waals surface area (Å²) in [5.74, 6) is 0.631. The van der Waals surface area contributed by atoms with Crippen LogP contribution in [0.1, 0.15) is 40.5 Å². The van der Waals surface area contributed by atoms with Crippen LogP contribution < -0.4 is 15.1 Å². The first-order valence-electron chi connectivity index (χ1n) is 12.4. The number of likely N-dealkylation sites (N-methyl/N-ethyl adjacent to an activating group) is 1. The van der Waals surface area contributed by atoms with Crippen molar-refractivity contribution in [1.82, 2.24) is 19.8 Å². The standard InChI is InChI=1S/C24H35BClN5O5/c1-15-13-30(23(32)36-24(2,3)4)9-10-31(15)21-17-11-19(26)18(25(33)34)12-20(17)27-22(28-21)35-14-16-7-6-8-29(16)5/h11-12,15-16,33-34H,6-10,13-14H2,1-5H3/t15-,16-/m0/s1. The third-order valence-corrected chi connectivity index (χ3v) is 7.01. The Hall–Kier alpha value is -2.34. The van der Waals surface area contributed by atoms with Gasteiger partial charge in [0.15, 0.2) is 0 Å². The highest BCUT2D eigenvalue weighted by Crippen LogP contribution is 2.31. The van der Waals surface area contributed by atoms with Crippen LogP contribution in [0.5, 0.6) is 6.01 Å². The summed E-state index contributed by atoms with van der Waals surface area (Å²) < 4.78 is 11.6. The number of fused-ring (bicyclic) bond motifs is 1. The molecule has 196 valence electrons. The second-order valence-electron chi connectivity index (χ2n) is 10.7. The van der Waals surface area contributed by atoms with E-state index < -0.39 is 12.7 Å². The van der Waals surface area contributed by atoms with Gasteiger partial charge in [-0.3, -0.25) is 0 Å². The monoisotopic (exact) mass is 519 g/mol. The van der Waals surface area contributed by atoms with Crippen molar-refractivity contribution in [3.05, 3.63) is 17.2 Å². The maximum atomic E-state index is 12.6. The molecular weight excluding hydrogens is 485 g/mol. The number of halogens is 1. The van der Waals surface area contributed by atoms with Gasteiger partial charge >= 0.3 is 19.2 Å². The van der Waals surface area contributed by atoms with Gasteiger partial charge in [-0.1, -0.05) is 11.6 Å². The highest BCUT2D eigenvalue weighted by molar-refractivity contribution is 6.63. The Morgan fingerprint density at radius 1 is 1.22 bits per heavy atom. The number of nitrogens with zero attached hydrogens (tertiary/aromatic N) is 5. The van der Waals surface area contributed by atoms with Crippen molar-refractivity contribution < 1.29 is 24.3 Å². The number of piperazine rings is 1. The molecule has 2 atom stereocenters. The molecule has 1 aromatic carbocycles. The lowest BCUT2D eigenvalue weighted by atomic mass is 9.80. The molecule has 1 aromatic heterocycles. The summed E-state index contributed by atoms with van der Waals surface area (Å²) in [6.07, 6.45) is 1.84. The molecule has 12 heteroatoms. The molecule has 2 N–H and O–H groups in total. The average molecular weight is 520 g/mol. The normalized spacial score (nSPS) is 21.2. The minimum Gasteiger partial charge on any atom is -0.462 e. The zero-order valence-corrected chi connectivity index (χ0v) is 22.3. The summed E-state index contributed by atoms with van der Waals surface area (Å²) in [5.41, 5.74) is 0.105. The summed E-state index contributed by atoms with van der Waals surface area (Å²) in [7, 11) is 0.351. The van der Waals surface area contributed by atoms with E-state index in [1.807, 2.05) is 27.7 Å². The van der Waals surface area contributed by atoms with Crippen molar-refractivity contribution in [2.45, 2.75) is 58.2 Å². The number of anilines is 1. The molecule has 0 saturated carbocycles. The van der Waals surface area contributed by atoms with E-state index in [2.05, 4.69) is 21.8 Å². The number of rotatable bonds is 5. The van der Waals surface area contributed by atoms with Crippen LogP contribution in [0.25, 0.3) is 10.9 Å². The van der Waals surface area contributed by atoms with Gasteiger partial charge in [-0.2, -0.15) is 9.97 Å². The lowest BCUT2D eigenvalue weighted by Gasteiger charge is -2.41. The van der Waals surface area contributed by atoms with Crippen LogP contribution in [0.4, 0.5) is 10.6 Å². The highest BCUT2D eigenvalue weighted by Gasteiger charge is 2.32. The van der Waals surface area contributed by atoms with E-state index in [-0.39, 0.29) is 28.6 Å². The van der Waals surface area contributed by atoms with Crippen LogP contribution in [0, 0.1) is 0 Å². The number of aromatic nitrogens is 2. The van der Waals surface area contributed by atoms with Gasteiger partial charge in [0.25, 0.3) is 0 Å². The predicted molar refractivity (Wildman–Crippen MR) is 140 cm³/mol. The van der Waals surface area contributed by atoms with E-state index >= 15 is 0 Å².